The van der Waals surface area contributed by atoms with E-state index in [1.807, 2.05) is 48.8 Å². The molecule has 0 amide bonds. The molecule has 0 radical (unpaired) electrons. The van der Waals surface area contributed by atoms with Gasteiger partial charge in [-0.15, -0.1) is 0 Å². The molecule has 3 aromatic heterocycles. The molecule has 0 fully saturated rings. The van der Waals surface area contributed by atoms with E-state index in [2.05, 4.69) is 58.5 Å². The van der Waals surface area contributed by atoms with E-state index in [0.29, 0.717) is 0 Å². The highest BCUT2D eigenvalue weighted by atomic mass is 16.3. The summed E-state index contributed by atoms with van der Waals surface area (Å²) in [6.45, 7) is -0.0376. The molecule has 0 aliphatic carbocycles. The molecule has 0 aliphatic rings. The first-order valence-electron chi connectivity index (χ1n) is 10.4. The maximum Gasteiger partial charge on any atom is 0.0713 e. The zero-order chi connectivity index (χ0) is 21.8. The standard InChI is InChI=1S/C28H21N3O/c32-19-20-15-27(23-9-5-21(6-10-23)25-3-1-13-29-17-25)31-28(16-20)24-11-7-22(8-12-24)26-4-2-14-30-18-26/h1-18,32H,19H2. The Morgan fingerprint density at radius 2 is 0.969 bits per heavy atom. The van der Waals surface area contributed by atoms with Crippen LogP contribution in [-0.4, -0.2) is 20.1 Å². The summed E-state index contributed by atoms with van der Waals surface area (Å²) >= 11 is 0. The van der Waals surface area contributed by atoms with Crippen molar-refractivity contribution in [3.05, 3.63) is 115 Å². The van der Waals surface area contributed by atoms with Crippen molar-refractivity contribution < 1.29 is 5.11 Å². The molecule has 0 saturated heterocycles. The van der Waals surface area contributed by atoms with Gasteiger partial charge in [0, 0.05) is 35.9 Å². The quantitative estimate of drug-likeness (QED) is 0.381. The fourth-order valence-electron chi connectivity index (χ4n) is 3.71. The fourth-order valence-corrected chi connectivity index (χ4v) is 3.71. The van der Waals surface area contributed by atoms with E-state index in [9.17, 15) is 5.11 Å². The summed E-state index contributed by atoms with van der Waals surface area (Å²) in [5.41, 5.74) is 8.86. The zero-order valence-electron chi connectivity index (χ0n) is 17.4. The summed E-state index contributed by atoms with van der Waals surface area (Å²) in [5.74, 6) is 0. The van der Waals surface area contributed by atoms with E-state index >= 15 is 0 Å². The SMILES string of the molecule is OCc1cc(-c2ccc(-c3cccnc3)cc2)nc(-c2ccc(-c3cccnc3)cc2)c1. The second kappa shape index (κ2) is 8.92. The van der Waals surface area contributed by atoms with Gasteiger partial charge in [-0.25, -0.2) is 4.98 Å². The second-order valence-electron chi connectivity index (χ2n) is 7.54. The maximum atomic E-state index is 9.82. The van der Waals surface area contributed by atoms with Crippen LogP contribution in [0.3, 0.4) is 0 Å². The maximum absolute atomic E-state index is 9.82. The van der Waals surface area contributed by atoms with Gasteiger partial charge >= 0.3 is 0 Å². The predicted molar refractivity (Wildman–Crippen MR) is 127 cm³/mol. The molecular weight excluding hydrogens is 394 g/mol. The van der Waals surface area contributed by atoms with E-state index in [4.69, 9.17) is 4.98 Å². The normalized spacial score (nSPS) is 10.8. The fraction of sp³-hybridized carbons (Fsp3) is 0.0357. The topological polar surface area (TPSA) is 58.9 Å². The van der Waals surface area contributed by atoms with E-state index in [-0.39, 0.29) is 6.61 Å². The summed E-state index contributed by atoms with van der Waals surface area (Å²) < 4.78 is 0. The Hall–Kier alpha value is -4.15. The molecule has 4 nitrogen and oxygen atoms in total. The molecule has 154 valence electrons. The Balaban J connectivity index is 1.48. The highest BCUT2D eigenvalue weighted by Gasteiger charge is 2.08. The molecule has 0 unspecified atom stereocenters. The highest BCUT2D eigenvalue weighted by molar-refractivity contribution is 5.72. The van der Waals surface area contributed by atoms with Crippen molar-refractivity contribution in [2.45, 2.75) is 6.61 Å². The molecule has 3 heterocycles. The molecular formula is C28H21N3O. The largest absolute Gasteiger partial charge is 0.392 e. The van der Waals surface area contributed by atoms with Gasteiger partial charge in [-0.2, -0.15) is 0 Å². The van der Waals surface area contributed by atoms with Gasteiger partial charge in [-0.1, -0.05) is 60.7 Å². The molecule has 0 spiro atoms. The van der Waals surface area contributed by atoms with Crippen LogP contribution in [0, 0.1) is 0 Å². The van der Waals surface area contributed by atoms with Crippen LogP contribution in [0.25, 0.3) is 44.8 Å². The van der Waals surface area contributed by atoms with Crippen molar-refractivity contribution >= 4 is 0 Å². The minimum Gasteiger partial charge on any atom is -0.392 e. The average Bonchev–Trinajstić information content (AvgIpc) is 2.89. The monoisotopic (exact) mass is 415 g/mol. The van der Waals surface area contributed by atoms with Crippen molar-refractivity contribution in [2.75, 3.05) is 0 Å². The molecule has 32 heavy (non-hydrogen) atoms. The minimum atomic E-state index is -0.0376. The lowest BCUT2D eigenvalue weighted by Gasteiger charge is -2.10. The number of aliphatic hydroxyl groups excluding tert-OH is 1. The summed E-state index contributed by atoms with van der Waals surface area (Å²) in [5, 5.41) is 9.82. The van der Waals surface area contributed by atoms with Gasteiger partial charge < -0.3 is 5.11 Å². The van der Waals surface area contributed by atoms with Crippen LogP contribution in [0.1, 0.15) is 5.56 Å². The summed E-state index contributed by atoms with van der Waals surface area (Å²) in [7, 11) is 0. The van der Waals surface area contributed by atoms with Crippen LogP contribution in [0.4, 0.5) is 0 Å². The van der Waals surface area contributed by atoms with Crippen molar-refractivity contribution in [1.82, 2.24) is 15.0 Å². The Morgan fingerprint density at radius 3 is 1.34 bits per heavy atom. The zero-order valence-corrected chi connectivity index (χ0v) is 17.4. The van der Waals surface area contributed by atoms with Crippen LogP contribution in [-0.2, 0) is 6.61 Å². The smallest absolute Gasteiger partial charge is 0.0713 e. The first-order chi connectivity index (χ1) is 15.8. The molecule has 0 saturated carbocycles. The first-order valence-corrected chi connectivity index (χ1v) is 10.4. The van der Waals surface area contributed by atoms with Gasteiger partial charge in [0.1, 0.15) is 0 Å². The average molecular weight is 415 g/mol. The van der Waals surface area contributed by atoms with Gasteiger partial charge in [0.25, 0.3) is 0 Å². The molecule has 0 atom stereocenters. The third-order valence-electron chi connectivity index (χ3n) is 5.42. The van der Waals surface area contributed by atoms with Crippen LogP contribution in [0.5, 0.6) is 0 Å². The lowest BCUT2D eigenvalue weighted by Crippen LogP contribution is -1.93. The molecule has 5 aromatic rings. The van der Waals surface area contributed by atoms with Gasteiger partial charge in [-0.05, 0) is 52.1 Å². The lowest BCUT2D eigenvalue weighted by molar-refractivity contribution is 0.282. The number of aromatic nitrogens is 3. The van der Waals surface area contributed by atoms with Crippen molar-refractivity contribution in [1.29, 1.82) is 0 Å². The summed E-state index contributed by atoms with van der Waals surface area (Å²) in [4.78, 5) is 13.3. The van der Waals surface area contributed by atoms with Crippen molar-refractivity contribution in [2.24, 2.45) is 0 Å². The second-order valence-corrected chi connectivity index (χ2v) is 7.54. The number of hydrogen-bond acceptors (Lipinski definition) is 4. The van der Waals surface area contributed by atoms with Gasteiger partial charge in [0.15, 0.2) is 0 Å². The Bertz CT molecular complexity index is 1220. The lowest BCUT2D eigenvalue weighted by atomic mass is 10.0. The van der Waals surface area contributed by atoms with Crippen molar-refractivity contribution in [3.63, 3.8) is 0 Å². The Labute approximate surface area is 186 Å². The molecule has 1 N–H and O–H groups in total. The number of aliphatic hydroxyl groups is 1. The predicted octanol–water partition coefficient (Wildman–Crippen LogP) is 6.03. The van der Waals surface area contributed by atoms with E-state index in [1.165, 1.54) is 0 Å². The number of nitrogens with zero attached hydrogens (tertiary/aromatic N) is 3. The molecule has 2 aromatic carbocycles. The van der Waals surface area contributed by atoms with Gasteiger partial charge in [0.05, 0.1) is 18.0 Å². The number of benzene rings is 2. The van der Waals surface area contributed by atoms with Gasteiger partial charge in [-0.3, -0.25) is 9.97 Å². The molecule has 4 heteroatoms. The van der Waals surface area contributed by atoms with Crippen LogP contribution in [0.2, 0.25) is 0 Å². The third kappa shape index (κ3) is 4.17. The highest BCUT2D eigenvalue weighted by Crippen LogP contribution is 2.28. The van der Waals surface area contributed by atoms with Crippen LogP contribution >= 0.6 is 0 Å². The van der Waals surface area contributed by atoms with E-state index in [1.54, 1.807) is 12.4 Å². The number of rotatable bonds is 5. The van der Waals surface area contributed by atoms with E-state index < -0.39 is 0 Å². The molecule has 0 aliphatic heterocycles. The Kier molecular flexibility index (Phi) is 5.52. The van der Waals surface area contributed by atoms with E-state index in [0.717, 1.165) is 50.3 Å². The summed E-state index contributed by atoms with van der Waals surface area (Å²) in [6, 6.07) is 28.3. The Morgan fingerprint density at radius 1 is 0.531 bits per heavy atom. The number of hydrogen-bond donors (Lipinski definition) is 1. The molecule has 0 bridgehead atoms. The third-order valence-corrected chi connectivity index (χ3v) is 5.42. The summed E-state index contributed by atoms with van der Waals surface area (Å²) in [6.07, 6.45) is 7.25. The number of pyridine rings is 3. The minimum absolute atomic E-state index is 0.0376. The van der Waals surface area contributed by atoms with Crippen molar-refractivity contribution in [3.8, 4) is 44.8 Å². The molecule has 5 rings (SSSR count). The first kappa shape index (κ1) is 19.8. The van der Waals surface area contributed by atoms with Crippen LogP contribution in [0.15, 0.2) is 110 Å². The van der Waals surface area contributed by atoms with Crippen LogP contribution < -0.4 is 0 Å². The van der Waals surface area contributed by atoms with Gasteiger partial charge in [0.2, 0.25) is 0 Å².